The van der Waals surface area contributed by atoms with Gasteiger partial charge in [0.15, 0.2) is 0 Å². The molecular formula is C18H23ClN2O. The van der Waals surface area contributed by atoms with Crippen molar-refractivity contribution in [1.29, 1.82) is 0 Å². The summed E-state index contributed by atoms with van der Waals surface area (Å²) in [6, 6.07) is 20.3. The third kappa shape index (κ3) is 5.51. The van der Waals surface area contributed by atoms with Crippen LogP contribution in [0, 0.1) is 0 Å². The standard InChI is InChI=1S/C18H22N2O.ClH/c19-12-7-13-20-18(21)14-17(15-8-3-1-4-9-15)16-10-5-2-6-11-16;/h1-6,8-11,17H,7,12-14,19H2,(H,20,21);1H. The Hall–Kier alpha value is -1.84. The second-order valence-corrected chi connectivity index (χ2v) is 5.07. The lowest BCUT2D eigenvalue weighted by Crippen LogP contribution is -2.27. The second kappa shape index (κ2) is 9.98. The molecule has 0 unspecified atom stereocenters. The fraction of sp³-hybridized carbons (Fsp3) is 0.278. The minimum Gasteiger partial charge on any atom is -0.356 e. The van der Waals surface area contributed by atoms with E-state index in [9.17, 15) is 4.79 Å². The molecule has 2 aromatic rings. The summed E-state index contributed by atoms with van der Waals surface area (Å²) in [5.74, 6) is 0.159. The zero-order valence-electron chi connectivity index (χ0n) is 12.6. The van der Waals surface area contributed by atoms with Crippen LogP contribution in [-0.4, -0.2) is 19.0 Å². The summed E-state index contributed by atoms with van der Waals surface area (Å²) in [5.41, 5.74) is 7.78. The molecule has 0 aliphatic carbocycles. The van der Waals surface area contributed by atoms with Crippen LogP contribution in [-0.2, 0) is 4.79 Å². The van der Waals surface area contributed by atoms with Crippen LogP contribution in [0.4, 0.5) is 0 Å². The van der Waals surface area contributed by atoms with E-state index in [1.807, 2.05) is 36.4 Å². The number of carbonyl (C=O) groups excluding carboxylic acids is 1. The van der Waals surface area contributed by atoms with Crippen LogP contribution in [0.1, 0.15) is 29.9 Å². The predicted molar refractivity (Wildman–Crippen MR) is 93.3 cm³/mol. The molecule has 0 heterocycles. The highest BCUT2D eigenvalue weighted by Crippen LogP contribution is 2.27. The minimum absolute atomic E-state index is 0. The van der Waals surface area contributed by atoms with E-state index >= 15 is 0 Å². The number of amides is 1. The van der Waals surface area contributed by atoms with Gasteiger partial charge in [0.2, 0.25) is 5.91 Å². The minimum atomic E-state index is 0. The molecule has 0 aliphatic heterocycles. The van der Waals surface area contributed by atoms with Crippen molar-refractivity contribution in [3.05, 3.63) is 71.8 Å². The van der Waals surface area contributed by atoms with E-state index in [0.717, 1.165) is 17.5 Å². The average Bonchev–Trinajstić information content (AvgIpc) is 2.54. The molecule has 0 atom stereocenters. The summed E-state index contributed by atoms with van der Waals surface area (Å²) >= 11 is 0. The third-order valence-corrected chi connectivity index (χ3v) is 3.50. The molecule has 1 amide bonds. The van der Waals surface area contributed by atoms with Gasteiger partial charge in [0, 0.05) is 18.9 Å². The first kappa shape index (κ1) is 18.2. The molecule has 22 heavy (non-hydrogen) atoms. The molecular weight excluding hydrogens is 296 g/mol. The maximum atomic E-state index is 12.1. The molecule has 4 heteroatoms. The molecule has 0 fully saturated rings. The van der Waals surface area contributed by atoms with Crippen LogP contribution in [0.25, 0.3) is 0 Å². The molecule has 0 saturated heterocycles. The maximum absolute atomic E-state index is 12.1. The first-order valence-corrected chi connectivity index (χ1v) is 7.38. The third-order valence-electron chi connectivity index (χ3n) is 3.50. The number of hydrogen-bond acceptors (Lipinski definition) is 2. The fourth-order valence-corrected chi connectivity index (χ4v) is 2.39. The van der Waals surface area contributed by atoms with Crippen molar-refractivity contribution < 1.29 is 4.79 Å². The van der Waals surface area contributed by atoms with Crippen molar-refractivity contribution in [2.24, 2.45) is 5.73 Å². The van der Waals surface area contributed by atoms with Gasteiger partial charge < -0.3 is 11.1 Å². The smallest absolute Gasteiger partial charge is 0.220 e. The van der Waals surface area contributed by atoms with Crippen molar-refractivity contribution in [3.63, 3.8) is 0 Å². The Balaban J connectivity index is 0.00000242. The van der Waals surface area contributed by atoms with E-state index in [2.05, 4.69) is 29.6 Å². The van der Waals surface area contributed by atoms with E-state index in [4.69, 9.17) is 5.73 Å². The van der Waals surface area contributed by atoms with Crippen molar-refractivity contribution in [3.8, 4) is 0 Å². The SMILES string of the molecule is Cl.NCCCNC(=O)CC(c1ccccc1)c1ccccc1. The van der Waals surface area contributed by atoms with Gasteiger partial charge in [-0.15, -0.1) is 12.4 Å². The van der Waals surface area contributed by atoms with Crippen LogP contribution in [0.2, 0.25) is 0 Å². The van der Waals surface area contributed by atoms with Crippen molar-refractivity contribution in [2.75, 3.05) is 13.1 Å². The van der Waals surface area contributed by atoms with Crippen molar-refractivity contribution >= 4 is 18.3 Å². The number of rotatable bonds is 7. The van der Waals surface area contributed by atoms with Gasteiger partial charge >= 0.3 is 0 Å². The van der Waals surface area contributed by atoms with Crippen LogP contribution in [0.15, 0.2) is 60.7 Å². The molecule has 3 N–H and O–H groups in total. The monoisotopic (exact) mass is 318 g/mol. The summed E-state index contributed by atoms with van der Waals surface area (Å²) in [7, 11) is 0. The normalized spacial score (nSPS) is 10.1. The Morgan fingerprint density at radius 1 is 0.955 bits per heavy atom. The van der Waals surface area contributed by atoms with Crippen LogP contribution in [0.3, 0.4) is 0 Å². The number of nitrogens with two attached hydrogens (primary N) is 1. The lowest BCUT2D eigenvalue weighted by atomic mass is 9.88. The topological polar surface area (TPSA) is 55.1 Å². The quantitative estimate of drug-likeness (QED) is 0.771. The van der Waals surface area contributed by atoms with Gasteiger partial charge in [-0.2, -0.15) is 0 Å². The molecule has 3 nitrogen and oxygen atoms in total. The van der Waals surface area contributed by atoms with E-state index in [1.54, 1.807) is 0 Å². The van der Waals surface area contributed by atoms with Crippen LogP contribution >= 0.6 is 12.4 Å². The zero-order valence-corrected chi connectivity index (χ0v) is 13.4. The maximum Gasteiger partial charge on any atom is 0.220 e. The Bertz CT molecular complexity index is 506. The molecule has 0 aromatic heterocycles. The highest BCUT2D eigenvalue weighted by atomic mass is 35.5. The molecule has 0 saturated carbocycles. The molecule has 0 bridgehead atoms. The van der Waals surface area contributed by atoms with E-state index in [1.165, 1.54) is 0 Å². The van der Waals surface area contributed by atoms with Crippen molar-refractivity contribution in [1.82, 2.24) is 5.32 Å². The van der Waals surface area contributed by atoms with Crippen molar-refractivity contribution in [2.45, 2.75) is 18.8 Å². The number of benzene rings is 2. The molecule has 0 spiro atoms. The number of nitrogens with one attached hydrogen (secondary N) is 1. The van der Waals surface area contributed by atoms with E-state index < -0.39 is 0 Å². The first-order chi connectivity index (χ1) is 10.3. The molecule has 2 aromatic carbocycles. The molecule has 118 valence electrons. The summed E-state index contributed by atoms with van der Waals surface area (Å²) in [5, 5.41) is 2.93. The Labute approximate surface area is 138 Å². The van der Waals surface area contributed by atoms with Crippen LogP contribution in [0.5, 0.6) is 0 Å². The second-order valence-electron chi connectivity index (χ2n) is 5.07. The van der Waals surface area contributed by atoms with Gasteiger partial charge in [-0.05, 0) is 24.1 Å². The van der Waals surface area contributed by atoms with Gasteiger partial charge in [0.25, 0.3) is 0 Å². The predicted octanol–water partition coefficient (Wildman–Crippen LogP) is 3.10. The Morgan fingerprint density at radius 2 is 1.45 bits per heavy atom. The average molecular weight is 319 g/mol. The summed E-state index contributed by atoms with van der Waals surface area (Å²) in [4.78, 5) is 12.1. The van der Waals surface area contributed by atoms with Gasteiger partial charge in [0.1, 0.15) is 0 Å². The number of halogens is 1. The largest absolute Gasteiger partial charge is 0.356 e. The van der Waals surface area contributed by atoms with E-state index in [-0.39, 0.29) is 24.2 Å². The summed E-state index contributed by atoms with van der Waals surface area (Å²) < 4.78 is 0. The summed E-state index contributed by atoms with van der Waals surface area (Å²) in [6.07, 6.45) is 1.27. The molecule has 0 radical (unpaired) electrons. The van der Waals surface area contributed by atoms with Gasteiger partial charge in [-0.1, -0.05) is 60.7 Å². The van der Waals surface area contributed by atoms with E-state index in [0.29, 0.717) is 19.5 Å². The van der Waals surface area contributed by atoms with Gasteiger partial charge in [-0.25, -0.2) is 0 Å². The zero-order chi connectivity index (χ0) is 14.9. The van der Waals surface area contributed by atoms with Crippen LogP contribution < -0.4 is 11.1 Å². The Morgan fingerprint density at radius 3 is 1.91 bits per heavy atom. The lowest BCUT2D eigenvalue weighted by Gasteiger charge is -2.17. The summed E-state index contributed by atoms with van der Waals surface area (Å²) in [6.45, 7) is 1.24. The Kier molecular flexibility index (Phi) is 8.26. The molecule has 2 rings (SSSR count). The lowest BCUT2D eigenvalue weighted by molar-refractivity contribution is -0.121. The van der Waals surface area contributed by atoms with Gasteiger partial charge in [0.05, 0.1) is 0 Å². The van der Waals surface area contributed by atoms with Gasteiger partial charge in [-0.3, -0.25) is 4.79 Å². The first-order valence-electron chi connectivity index (χ1n) is 7.38. The highest BCUT2D eigenvalue weighted by Gasteiger charge is 2.17. The molecule has 0 aliphatic rings. The number of carbonyl (C=O) groups is 1. The highest BCUT2D eigenvalue weighted by molar-refractivity contribution is 5.85. The fourth-order valence-electron chi connectivity index (χ4n) is 2.39. The number of hydrogen-bond donors (Lipinski definition) is 2.